The quantitative estimate of drug-likeness (QED) is 0.790. The van der Waals surface area contributed by atoms with E-state index in [0.717, 1.165) is 11.0 Å². The summed E-state index contributed by atoms with van der Waals surface area (Å²) in [5.41, 5.74) is 1.80. The number of ether oxygens (including phenoxy) is 2. The van der Waals surface area contributed by atoms with E-state index in [2.05, 4.69) is 0 Å². The lowest BCUT2D eigenvalue weighted by Crippen LogP contribution is -2.41. The Morgan fingerprint density at radius 3 is 2.23 bits per heavy atom. The van der Waals surface area contributed by atoms with Gasteiger partial charge in [0.2, 0.25) is 12.5 Å². The molecule has 136 valence electrons. The number of benzene rings is 2. The van der Waals surface area contributed by atoms with Crippen LogP contribution in [0.2, 0.25) is 0 Å². The summed E-state index contributed by atoms with van der Waals surface area (Å²) >= 11 is 0. The molecule has 0 aliphatic carbocycles. The van der Waals surface area contributed by atoms with Gasteiger partial charge < -0.3 is 18.8 Å². The first kappa shape index (κ1) is 17.4. The van der Waals surface area contributed by atoms with Crippen molar-refractivity contribution in [3.8, 4) is 11.5 Å². The lowest BCUT2D eigenvalue weighted by atomic mass is 9.78. The van der Waals surface area contributed by atoms with Gasteiger partial charge in [0, 0.05) is 6.42 Å². The molecule has 0 atom stereocenters. The molecule has 0 radical (unpaired) electrons. The van der Waals surface area contributed by atoms with Crippen molar-refractivity contribution >= 4 is 12.6 Å². The summed E-state index contributed by atoms with van der Waals surface area (Å²) in [5, 5.41) is 0. The van der Waals surface area contributed by atoms with Gasteiger partial charge in [-0.3, -0.25) is 0 Å². The van der Waals surface area contributed by atoms with Crippen molar-refractivity contribution in [2.24, 2.45) is 0 Å². The third kappa shape index (κ3) is 2.87. The highest BCUT2D eigenvalue weighted by atomic mass is 19.1. The molecule has 4 rings (SSSR count). The number of hydrogen-bond donors (Lipinski definition) is 0. The predicted molar refractivity (Wildman–Crippen MR) is 97.5 cm³/mol. The maximum atomic E-state index is 14.5. The molecule has 1 fully saturated rings. The number of halogens is 1. The second-order valence-electron chi connectivity index (χ2n) is 7.78. The summed E-state index contributed by atoms with van der Waals surface area (Å²) in [7, 11) is -0.392. The van der Waals surface area contributed by atoms with Gasteiger partial charge in [0.05, 0.1) is 11.2 Å². The van der Waals surface area contributed by atoms with Crippen LogP contribution in [0, 0.1) is 5.82 Å². The van der Waals surface area contributed by atoms with Crippen LogP contribution in [0.15, 0.2) is 36.4 Å². The Balaban J connectivity index is 1.51. The summed E-state index contributed by atoms with van der Waals surface area (Å²) < 4.78 is 37.0. The van der Waals surface area contributed by atoms with Gasteiger partial charge in [-0.1, -0.05) is 30.3 Å². The Kier molecular flexibility index (Phi) is 4.01. The maximum Gasteiger partial charge on any atom is 0.494 e. The van der Waals surface area contributed by atoms with Crippen LogP contribution in [-0.4, -0.2) is 25.1 Å². The first-order valence-corrected chi connectivity index (χ1v) is 8.78. The van der Waals surface area contributed by atoms with Crippen LogP contribution < -0.4 is 14.9 Å². The lowest BCUT2D eigenvalue weighted by Gasteiger charge is -2.32. The molecule has 26 heavy (non-hydrogen) atoms. The number of fused-ring (bicyclic) bond motifs is 1. The maximum absolute atomic E-state index is 14.5. The van der Waals surface area contributed by atoms with Crippen molar-refractivity contribution in [2.75, 3.05) is 6.79 Å². The Hall–Kier alpha value is -2.05. The molecule has 6 heteroatoms. The second kappa shape index (κ2) is 6.00. The number of rotatable bonds is 3. The molecule has 1 saturated heterocycles. The average molecular weight is 356 g/mol. The van der Waals surface area contributed by atoms with Gasteiger partial charge in [-0.25, -0.2) is 4.39 Å². The van der Waals surface area contributed by atoms with Crippen LogP contribution in [0.5, 0.6) is 11.5 Å². The summed E-state index contributed by atoms with van der Waals surface area (Å²) in [6, 6.07) is 11.4. The molecule has 2 aliphatic rings. The molecular weight excluding hydrogens is 334 g/mol. The smallest absolute Gasteiger partial charge is 0.453 e. The molecule has 0 aromatic heterocycles. The zero-order chi connectivity index (χ0) is 18.5. The van der Waals surface area contributed by atoms with Gasteiger partial charge in [-0.05, 0) is 50.4 Å². The van der Waals surface area contributed by atoms with Crippen molar-refractivity contribution in [2.45, 2.75) is 45.3 Å². The lowest BCUT2D eigenvalue weighted by molar-refractivity contribution is 0.00578. The van der Waals surface area contributed by atoms with Crippen molar-refractivity contribution < 1.29 is 23.2 Å². The molecule has 2 aromatic rings. The summed E-state index contributed by atoms with van der Waals surface area (Å²) in [6.07, 6.45) is 0.478. The van der Waals surface area contributed by atoms with E-state index in [-0.39, 0.29) is 29.6 Å². The third-order valence-electron chi connectivity index (χ3n) is 5.46. The van der Waals surface area contributed by atoms with Gasteiger partial charge in [-0.15, -0.1) is 0 Å². The van der Waals surface area contributed by atoms with E-state index < -0.39 is 7.12 Å². The molecular formula is C20H22BFO4. The van der Waals surface area contributed by atoms with Gasteiger partial charge in [0.25, 0.3) is 0 Å². The fraction of sp³-hybridized carbons (Fsp3) is 0.400. The van der Waals surface area contributed by atoms with Crippen molar-refractivity contribution in [3.63, 3.8) is 0 Å². The largest absolute Gasteiger partial charge is 0.494 e. The van der Waals surface area contributed by atoms with Crippen LogP contribution in [-0.2, 0) is 15.7 Å². The Morgan fingerprint density at radius 1 is 0.923 bits per heavy atom. The molecule has 4 nitrogen and oxygen atoms in total. The first-order chi connectivity index (χ1) is 12.3. The zero-order valence-electron chi connectivity index (χ0n) is 15.5. The van der Waals surface area contributed by atoms with Crippen molar-refractivity contribution in [3.05, 3.63) is 53.3 Å². The van der Waals surface area contributed by atoms with E-state index in [4.69, 9.17) is 18.8 Å². The minimum atomic E-state index is -0.392. The molecule has 0 N–H and O–H groups in total. The Bertz CT molecular complexity index is 816. The van der Waals surface area contributed by atoms with Crippen LogP contribution in [0.4, 0.5) is 4.39 Å². The van der Waals surface area contributed by atoms with Crippen molar-refractivity contribution in [1.29, 1.82) is 0 Å². The highest BCUT2D eigenvalue weighted by Gasteiger charge is 2.51. The molecule has 0 amide bonds. The van der Waals surface area contributed by atoms with Crippen molar-refractivity contribution in [1.82, 2.24) is 0 Å². The van der Waals surface area contributed by atoms with Crippen LogP contribution in [0.3, 0.4) is 0 Å². The third-order valence-corrected chi connectivity index (χ3v) is 5.46. The van der Waals surface area contributed by atoms with Gasteiger partial charge in [-0.2, -0.15) is 0 Å². The normalized spacial score (nSPS) is 19.8. The minimum Gasteiger partial charge on any atom is -0.453 e. The Labute approximate surface area is 153 Å². The summed E-state index contributed by atoms with van der Waals surface area (Å²) in [5.74, 6) is 0.314. The molecule has 0 unspecified atom stereocenters. The fourth-order valence-electron chi connectivity index (χ4n) is 3.11. The van der Waals surface area contributed by atoms with Crippen LogP contribution >= 0.6 is 0 Å². The van der Waals surface area contributed by atoms with Crippen LogP contribution in [0.25, 0.3) is 0 Å². The zero-order valence-corrected chi connectivity index (χ0v) is 15.5. The van der Waals surface area contributed by atoms with Gasteiger partial charge in [0.15, 0.2) is 11.6 Å². The standard InChI is InChI=1S/C20H22BFO4/c1-19(2)20(3,4)26-21(25-19)15-8-5-13(6-9-15)11-14-7-10-16-18(17(14)22)24-12-23-16/h5-10H,11-12H2,1-4H3. The Morgan fingerprint density at radius 2 is 1.58 bits per heavy atom. The molecule has 2 aromatic carbocycles. The SMILES string of the molecule is CC1(C)OB(c2ccc(Cc3ccc4c(c3F)OCO4)cc2)OC1(C)C. The predicted octanol–water partition coefficient (Wildman–Crippen LogP) is 3.44. The van der Waals surface area contributed by atoms with Crippen LogP contribution in [0.1, 0.15) is 38.8 Å². The molecule has 2 aliphatic heterocycles. The topological polar surface area (TPSA) is 36.9 Å². The summed E-state index contributed by atoms with van der Waals surface area (Å²) in [6.45, 7) is 8.19. The second-order valence-corrected chi connectivity index (χ2v) is 7.78. The van der Waals surface area contributed by atoms with E-state index in [1.807, 2.05) is 52.0 Å². The highest BCUT2D eigenvalue weighted by molar-refractivity contribution is 6.62. The first-order valence-electron chi connectivity index (χ1n) is 8.78. The van der Waals surface area contributed by atoms with Gasteiger partial charge in [0.1, 0.15) is 0 Å². The monoisotopic (exact) mass is 356 g/mol. The fourth-order valence-corrected chi connectivity index (χ4v) is 3.11. The molecule has 2 heterocycles. The van der Waals surface area contributed by atoms with E-state index in [0.29, 0.717) is 17.7 Å². The van der Waals surface area contributed by atoms with Gasteiger partial charge >= 0.3 is 7.12 Å². The van der Waals surface area contributed by atoms with E-state index in [1.54, 1.807) is 12.1 Å². The minimum absolute atomic E-state index is 0.0679. The number of hydrogen-bond acceptors (Lipinski definition) is 4. The summed E-state index contributed by atoms with van der Waals surface area (Å²) in [4.78, 5) is 0. The van der Waals surface area contributed by atoms with E-state index in [1.165, 1.54) is 0 Å². The molecule has 0 spiro atoms. The highest BCUT2D eigenvalue weighted by Crippen LogP contribution is 2.37. The molecule has 0 saturated carbocycles. The average Bonchev–Trinajstić information content (AvgIpc) is 3.14. The van der Waals surface area contributed by atoms with E-state index in [9.17, 15) is 4.39 Å². The molecule has 0 bridgehead atoms. The van der Waals surface area contributed by atoms with E-state index >= 15 is 0 Å².